The lowest BCUT2D eigenvalue weighted by Crippen LogP contribution is -2.21. The van der Waals surface area contributed by atoms with Gasteiger partial charge in [0.25, 0.3) is 5.91 Å². The Bertz CT molecular complexity index is 994. The van der Waals surface area contributed by atoms with Crippen molar-refractivity contribution in [2.75, 3.05) is 5.32 Å². The quantitative estimate of drug-likeness (QED) is 0.409. The lowest BCUT2D eigenvalue weighted by Gasteiger charge is -2.01. The Hall–Kier alpha value is -2.99. The maximum Gasteiger partial charge on any atom is 0.298 e. The molecule has 1 heterocycles. The number of carbonyl (C=O) groups excluding carboxylic acids is 2. The van der Waals surface area contributed by atoms with Crippen LogP contribution in [0.5, 0.6) is 0 Å². The Labute approximate surface area is 155 Å². The molecule has 0 atom stereocenters. The molecule has 0 aliphatic rings. The van der Waals surface area contributed by atoms with Crippen LogP contribution in [0.1, 0.15) is 22.3 Å². The fourth-order valence-electron chi connectivity index (χ4n) is 2.39. The molecule has 0 saturated carbocycles. The Kier molecular flexibility index (Phi) is 4.86. The van der Waals surface area contributed by atoms with Crippen molar-refractivity contribution >= 4 is 44.1 Å². The summed E-state index contributed by atoms with van der Waals surface area (Å²) < 4.78 is 0.939. The van der Waals surface area contributed by atoms with Crippen molar-refractivity contribution in [3.63, 3.8) is 0 Å². The number of hydrogen-bond acceptors (Lipinski definition) is 5. The first-order chi connectivity index (χ1) is 12.3. The summed E-state index contributed by atoms with van der Waals surface area (Å²) in [6.45, 7) is 5.92. The van der Waals surface area contributed by atoms with Gasteiger partial charge in [0, 0.05) is 11.6 Å². The summed E-state index contributed by atoms with van der Waals surface area (Å²) in [5, 5.41) is 12.9. The molecular weight excluding hydrogens is 348 g/mol. The van der Waals surface area contributed by atoms with Gasteiger partial charge in [0.2, 0.25) is 5.78 Å². The Morgan fingerprint density at radius 1 is 1.08 bits per heavy atom. The highest BCUT2D eigenvalue weighted by atomic mass is 32.1. The van der Waals surface area contributed by atoms with E-state index < -0.39 is 11.7 Å². The summed E-state index contributed by atoms with van der Waals surface area (Å²) in [5.41, 5.74) is 4.54. The molecular formula is C20H18N2O3S. The highest BCUT2D eigenvalue weighted by Crippen LogP contribution is 2.28. The second-order valence-electron chi connectivity index (χ2n) is 6.14. The van der Waals surface area contributed by atoms with Crippen molar-refractivity contribution in [2.45, 2.75) is 20.8 Å². The molecule has 1 aromatic heterocycles. The summed E-state index contributed by atoms with van der Waals surface area (Å²) >= 11 is 1.30. The fraction of sp³-hybridized carbons (Fsp3) is 0.150. The number of fused-ring (bicyclic) bond motifs is 1. The fourth-order valence-corrected chi connectivity index (χ4v) is 3.33. The number of aliphatic hydroxyl groups is 1. The summed E-state index contributed by atoms with van der Waals surface area (Å²) in [4.78, 5) is 28.5. The van der Waals surface area contributed by atoms with Crippen LogP contribution in [0.2, 0.25) is 0 Å². The van der Waals surface area contributed by atoms with Crippen molar-refractivity contribution in [2.24, 2.45) is 0 Å². The number of aryl methyl sites for hydroxylation is 3. The van der Waals surface area contributed by atoms with E-state index in [1.807, 2.05) is 45.0 Å². The first-order valence-corrected chi connectivity index (χ1v) is 8.86. The average Bonchev–Trinajstić information content (AvgIpc) is 2.96. The summed E-state index contributed by atoms with van der Waals surface area (Å²) in [6, 6.07) is 10.9. The smallest absolute Gasteiger partial charge is 0.298 e. The van der Waals surface area contributed by atoms with E-state index in [9.17, 15) is 14.7 Å². The molecule has 132 valence electrons. The van der Waals surface area contributed by atoms with Crippen LogP contribution in [-0.4, -0.2) is 21.8 Å². The summed E-state index contributed by atoms with van der Waals surface area (Å²) in [5.74, 6) is -1.92. The van der Waals surface area contributed by atoms with Gasteiger partial charge in [-0.05, 0) is 44.0 Å². The van der Waals surface area contributed by atoms with Crippen LogP contribution in [0.25, 0.3) is 16.0 Å². The third kappa shape index (κ3) is 3.81. The number of amides is 1. The first-order valence-electron chi connectivity index (χ1n) is 8.04. The van der Waals surface area contributed by atoms with Gasteiger partial charge < -0.3 is 5.11 Å². The molecule has 0 spiro atoms. The number of ketones is 1. The lowest BCUT2D eigenvalue weighted by atomic mass is 10.1. The normalized spacial score (nSPS) is 11.6. The minimum absolute atomic E-state index is 0.249. The zero-order valence-electron chi connectivity index (χ0n) is 14.7. The van der Waals surface area contributed by atoms with Crippen LogP contribution in [0.3, 0.4) is 0 Å². The van der Waals surface area contributed by atoms with E-state index in [1.165, 1.54) is 11.3 Å². The third-order valence-electron chi connectivity index (χ3n) is 4.06. The number of aliphatic hydroxyl groups excluding tert-OH is 1. The Morgan fingerprint density at radius 2 is 1.73 bits per heavy atom. The van der Waals surface area contributed by atoms with Crippen LogP contribution in [0.4, 0.5) is 5.13 Å². The van der Waals surface area contributed by atoms with Gasteiger partial charge in [-0.1, -0.05) is 41.2 Å². The predicted octanol–water partition coefficient (Wildman–Crippen LogP) is 4.33. The zero-order chi connectivity index (χ0) is 18.8. The molecule has 0 fully saturated rings. The molecule has 3 aromatic rings. The maximum atomic E-state index is 12.1. The molecule has 2 N–H and O–H groups in total. The number of carbonyl (C=O) groups is 2. The topological polar surface area (TPSA) is 79.3 Å². The molecule has 26 heavy (non-hydrogen) atoms. The van der Waals surface area contributed by atoms with Crippen LogP contribution in [0.15, 0.2) is 42.5 Å². The van der Waals surface area contributed by atoms with E-state index in [-0.39, 0.29) is 5.76 Å². The molecule has 0 bridgehead atoms. The summed E-state index contributed by atoms with van der Waals surface area (Å²) in [7, 11) is 0. The van der Waals surface area contributed by atoms with E-state index in [2.05, 4.69) is 10.3 Å². The molecule has 0 aliphatic heterocycles. The number of nitrogens with zero attached hydrogens (tertiary/aromatic N) is 1. The number of rotatable bonds is 4. The SMILES string of the molecule is Cc1ccc(/C(O)=C/C(=O)C(=O)Nc2nc3cc(C)c(C)cc3s2)cc1. The molecule has 0 radical (unpaired) electrons. The predicted molar refractivity (Wildman–Crippen MR) is 105 cm³/mol. The van der Waals surface area contributed by atoms with Gasteiger partial charge in [0.05, 0.1) is 10.2 Å². The van der Waals surface area contributed by atoms with Crippen molar-refractivity contribution in [3.05, 3.63) is 64.7 Å². The molecule has 0 unspecified atom stereocenters. The van der Waals surface area contributed by atoms with Gasteiger partial charge in [-0.3, -0.25) is 14.9 Å². The minimum atomic E-state index is -0.838. The minimum Gasteiger partial charge on any atom is -0.507 e. The first kappa shape index (κ1) is 17.8. The van der Waals surface area contributed by atoms with E-state index in [0.29, 0.717) is 10.7 Å². The van der Waals surface area contributed by atoms with E-state index in [1.54, 1.807) is 12.1 Å². The monoisotopic (exact) mass is 366 g/mol. The number of thiazole rings is 1. The largest absolute Gasteiger partial charge is 0.507 e. The number of hydrogen-bond donors (Lipinski definition) is 2. The number of nitrogens with one attached hydrogen (secondary N) is 1. The number of benzene rings is 2. The standard InChI is InChI=1S/C20H18N2O3S/c1-11-4-6-14(7-5-11)16(23)10-17(24)19(25)22-20-21-15-8-12(2)13(3)9-18(15)26-20/h4-10,23H,1-3H3,(H,21,22,25)/b16-10-. The molecule has 0 aliphatic carbocycles. The van der Waals surface area contributed by atoms with Gasteiger partial charge in [-0.2, -0.15) is 0 Å². The number of anilines is 1. The van der Waals surface area contributed by atoms with Gasteiger partial charge in [0.15, 0.2) is 5.13 Å². The van der Waals surface area contributed by atoms with Gasteiger partial charge in [-0.15, -0.1) is 0 Å². The number of aromatic nitrogens is 1. The third-order valence-corrected chi connectivity index (χ3v) is 5.00. The lowest BCUT2D eigenvalue weighted by molar-refractivity contribution is -0.131. The Morgan fingerprint density at radius 3 is 2.42 bits per heavy atom. The maximum absolute atomic E-state index is 12.1. The molecule has 1 amide bonds. The highest BCUT2D eigenvalue weighted by molar-refractivity contribution is 7.22. The van der Waals surface area contributed by atoms with Gasteiger partial charge in [0.1, 0.15) is 5.76 Å². The highest BCUT2D eigenvalue weighted by Gasteiger charge is 2.16. The van der Waals surface area contributed by atoms with E-state index in [4.69, 9.17) is 0 Å². The molecule has 3 rings (SSSR count). The molecule has 6 heteroatoms. The van der Waals surface area contributed by atoms with Crippen molar-refractivity contribution in [3.8, 4) is 0 Å². The van der Waals surface area contributed by atoms with Crippen LogP contribution in [0, 0.1) is 20.8 Å². The van der Waals surface area contributed by atoms with Crippen LogP contribution in [-0.2, 0) is 9.59 Å². The zero-order valence-corrected chi connectivity index (χ0v) is 15.5. The second kappa shape index (κ2) is 7.09. The van der Waals surface area contributed by atoms with Crippen molar-refractivity contribution in [1.29, 1.82) is 0 Å². The molecule has 0 saturated heterocycles. The van der Waals surface area contributed by atoms with Crippen molar-refractivity contribution < 1.29 is 14.7 Å². The van der Waals surface area contributed by atoms with E-state index in [0.717, 1.165) is 33.0 Å². The van der Waals surface area contributed by atoms with Gasteiger partial charge in [-0.25, -0.2) is 4.98 Å². The van der Waals surface area contributed by atoms with Gasteiger partial charge >= 0.3 is 0 Å². The molecule has 5 nitrogen and oxygen atoms in total. The van der Waals surface area contributed by atoms with Crippen LogP contribution < -0.4 is 5.32 Å². The average molecular weight is 366 g/mol. The molecule has 2 aromatic carbocycles. The Balaban J connectivity index is 1.75. The van der Waals surface area contributed by atoms with E-state index >= 15 is 0 Å². The summed E-state index contributed by atoms with van der Waals surface area (Å²) in [6.07, 6.45) is 0.918. The second-order valence-corrected chi connectivity index (χ2v) is 7.17. The van der Waals surface area contributed by atoms with Crippen LogP contribution >= 0.6 is 11.3 Å². The van der Waals surface area contributed by atoms with Crippen molar-refractivity contribution in [1.82, 2.24) is 4.98 Å².